The molecular formula is C17H20N2O5. The van der Waals surface area contributed by atoms with E-state index in [-0.39, 0.29) is 18.9 Å². The number of imidazole rings is 1. The van der Waals surface area contributed by atoms with Crippen molar-refractivity contribution in [1.82, 2.24) is 9.55 Å². The fraction of sp³-hybridized carbons (Fsp3) is 0.471. The predicted octanol–water partition coefficient (Wildman–Crippen LogP) is 2.26. The first-order valence-electron chi connectivity index (χ1n) is 8.02. The lowest BCUT2D eigenvalue weighted by Gasteiger charge is -2.21. The maximum atomic E-state index is 5.81. The summed E-state index contributed by atoms with van der Waals surface area (Å²) < 4.78 is 30.0. The number of aromatic nitrogens is 2. The molecule has 0 bridgehead atoms. The van der Waals surface area contributed by atoms with Gasteiger partial charge in [0.2, 0.25) is 6.79 Å². The van der Waals surface area contributed by atoms with Gasteiger partial charge in [0.1, 0.15) is 17.7 Å². The van der Waals surface area contributed by atoms with Crippen molar-refractivity contribution in [1.29, 1.82) is 0 Å². The van der Waals surface area contributed by atoms with Crippen LogP contribution in [0.5, 0.6) is 17.2 Å². The van der Waals surface area contributed by atoms with Gasteiger partial charge in [-0.25, -0.2) is 4.98 Å². The van der Waals surface area contributed by atoms with Crippen molar-refractivity contribution in [2.75, 3.05) is 33.7 Å². The third kappa shape index (κ3) is 2.50. The number of fused-ring (bicyclic) bond motifs is 1. The molecule has 7 nitrogen and oxygen atoms in total. The van der Waals surface area contributed by atoms with Gasteiger partial charge in [0, 0.05) is 25.1 Å². The lowest BCUT2D eigenvalue weighted by molar-refractivity contribution is 0.0364. The maximum absolute atomic E-state index is 5.81. The molecule has 2 aliphatic rings. The zero-order chi connectivity index (χ0) is 16.5. The summed E-state index contributed by atoms with van der Waals surface area (Å²) in [5.74, 6) is 2.87. The van der Waals surface area contributed by atoms with Gasteiger partial charge in [0.05, 0.1) is 31.9 Å². The highest BCUT2D eigenvalue weighted by molar-refractivity contribution is 5.70. The van der Waals surface area contributed by atoms with Crippen LogP contribution in [0.2, 0.25) is 0 Å². The lowest BCUT2D eigenvalue weighted by Crippen LogP contribution is -2.25. The number of benzene rings is 1. The summed E-state index contributed by atoms with van der Waals surface area (Å²) in [6.45, 7) is 4.06. The molecule has 0 N–H and O–H groups in total. The molecule has 24 heavy (non-hydrogen) atoms. The van der Waals surface area contributed by atoms with E-state index in [0.717, 1.165) is 11.4 Å². The number of methoxy groups -OCH3 is 1. The average molecular weight is 332 g/mol. The molecule has 0 saturated carbocycles. The molecule has 2 atom stereocenters. The molecule has 1 aromatic carbocycles. The number of hydrogen-bond acceptors (Lipinski definition) is 6. The summed E-state index contributed by atoms with van der Waals surface area (Å²) in [5, 5.41) is 0. The number of rotatable bonds is 5. The maximum Gasteiger partial charge on any atom is 0.231 e. The summed E-state index contributed by atoms with van der Waals surface area (Å²) in [6, 6.07) is 3.82. The van der Waals surface area contributed by atoms with Crippen LogP contribution in [0, 0.1) is 0 Å². The minimum Gasteiger partial charge on any atom is -0.496 e. The summed E-state index contributed by atoms with van der Waals surface area (Å²) in [5.41, 5.74) is 0.855. The van der Waals surface area contributed by atoms with Crippen molar-refractivity contribution in [2.24, 2.45) is 0 Å². The number of nitrogens with zero attached hydrogens (tertiary/aromatic N) is 2. The Labute approximate surface area is 140 Å². The largest absolute Gasteiger partial charge is 0.496 e. The Bertz CT molecular complexity index is 730. The van der Waals surface area contributed by atoms with Crippen LogP contribution in [0.4, 0.5) is 0 Å². The highest BCUT2D eigenvalue weighted by atomic mass is 16.7. The molecule has 0 radical (unpaired) electrons. The van der Waals surface area contributed by atoms with Crippen molar-refractivity contribution in [2.45, 2.75) is 19.1 Å². The fourth-order valence-corrected chi connectivity index (χ4v) is 3.21. The Balaban J connectivity index is 1.75. The van der Waals surface area contributed by atoms with Crippen molar-refractivity contribution >= 4 is 0 Å². The highest BCUT2D eigenvalue weighted by Gasteiger charge is 2.32. The van der Waals surface area contributed by atoms with Crippen LogP contribution >= 0.6 is 0 Å². The van der Waals surface area contributed by atoms with Gasteiger partial charge in [-0.1, -0.05) is 0 Å². The van der Waals surface area contributed by atoms with Gasteiger partial charge in [-0.15, -0.1) is 0 Å². The van der Waals surface area contributed by atoms with Crippen LogP contribution in [-0.4, -0.2) is 49.4 Å². The van der Waals surface area contributed by atoms with E-state index in [1.807, 2.05) is 25.3 Å². The van der Waals surface area contributed by atoms with E-state index in [0.29, 0.717) is 37.1 Å². The molecule has 0 spiro atoms. The first-order chi connectivity index (χ1) is 11.8. The molecule has 2 aliphatic heterocycles. The fourth-order valence-electron chi connectivity index (χ4n) is 3.21. The van der Waals surface area contributed by atoms with Crippen molar-refractivity contribution in [3.05, 3.63) is 24.5 Å². The Morgan fingerprint density at radius 3 is 2.88 bits per heavy atom. The molecule has 2 aromatic rings. The molecule has 1 saturated heterocycles. The Morgan fingerprint density at radius 1 is 1.25 bits per heavy atom. The average Bonchev–Trinajstić information content (AvgIpc) is 3.33. The van der Waals surface area contributed by atoms with Crippen LogP contribution < -0.4 is 14.2 Å². The lowest BCUT2D eigenvalue weighted by atomic mass is 10.1. The van der Waals surface area contributed by atoms with E-state index >= 15 is 0 Å². The van der Waals surface area contributed by atoms with E-state index in [1.54, 1.807) is 13.3 Å². The van der Waals surface area contributed by atoms with Crippen molar-refractivity contribution < 1.29 is 23.7 Å². The molecule has 1 aromatic heterocycles. The Hall–Kier alpha value is -2.25. The van der Waals surface area contributed by atoms with Gasteiger partial charge in [-0.2, -0.15) is 0 Å². The molecule has 128 valence electrons. The summed E-state index contributed by atoms with van der Waals surface area (Å²) in [4.78, 5) is 4.54. The number of hydrogen-bond donors (Lipinski definition) is 0. The zero-order valence-corrected chi connectivity index (χ0v) is 13.7. The Morgan fingerprint density at radius 2 is 2.08 bits per heavy atom. The molecule has 0 aliphatic carbocycles. The minimum absolute atomic E-state index is 0.0166. The zero-order valence-electron chi connectivity index (χ0n) is 13.7. The molecule has 1 fully saturated rings. The van der Waals surface area contributed by atoms with E-state index in [2.05, 4.69) is 9.55 Å². The van der Waals surface area contributed by atoms with E-state index in [1.165, 1.54) is 0 Å². The van der Waals surface area contributed by atoms with E-state index in [9.17, 15) is 0 Å². The second-order valence-electron chi connectivity index (χ2n) is 5.66. The smallest absolute Gasteiger partial charge is 0.231 e. The van der Waals surface area contributed by atoms with Crippen LogP contribution in [0.25, 0.3) is 11.4 Å². The van der Waals surface area contributed by atoms with Gasteiger partial charge in [-0.05, 0) is 13.0 Å². The molecule has 0 amide bonds. The quantitative estimate of drug-likeness (QED) is 0.837. The van der Waals surface area contributed by atoms with Gasteiger partial charge in [0.25, 0.3) is 0 Å². The van der Waals surface area contributed by atoms with Gasteiger partial charge >= 0.3 is 0 Å². The summed E-state index contributed by atoms with van der Waals surface area (Å²) in [6.07, 6.45) is 3.74. The first-order valence-corrected chi connectivity index (χ1v) is 8.02. The summed E-state index contributed by atoms with van der Waals surface area (Å²) in [7, 11) is 1.63. The third-order valence-electron chi connectivity index (χ3n) is 4.34. The molecule has 7 heteroatoms. The monoisotopic (exact) mass is 332 g/mol. The molecule has 0 unspecified atom stereocenters. The number of ether oxygens (including phenoxy) is 5. The van der Waals surface area contributed by atoms with Crippen LogP contribution in [0.15, 0.2) is 24.5 Å². The second-order valence-corrected chi connectivity index (χ2v) is 5.66. The highest BCUT2D eigenvalue weighted by Crippen LogP contribution is 2.42. The molecular weight excluding hydrogens is 312 g/mol. The van der Waals surface area contributed by atoms with Crippen molar-refractivity contribution in [3.8, 4) is 28.6 Å². The van der Waals surface area contributed by atoms with E-state index < -0.39 is 0 Å². The van der Waals surface area contributed by atoms with Crippen LogP contribution in [-0.2, 0) is 9.47 Å². The molecule has 3 heterocycles. The SMILES string of the molecule is CCO[C@H]1COC[C@@H]1n1ccnc1-c1cc2c(cc1OC)OCO2. The summed E-state index contributed by atoms with van der Waals surface area (Å²) >= 11 is 0. The third-order valence-corrected chi connectivity index (χ3v) is 4.34. The van der Waals surface area contributed by atoms with Crippen LogP contribution in [0.3, 0.4) is 0 Å². The first kappa shape index (κ1) is 15.3. The standard InChI is InChI=1S/C17H20N2O5/c1-3-22-16-9-21-8-12(16)19-5-4-18-17(19)11-6-14-15(24-10-23-14)7-13(11)20-2/h4-7,12,16H,3,8-10H2,1-2H3/t12-,16-/m0/s1. The van der Waals surface area contributed by atoms with E-state index in [4.69, 9.17) is 23.7 Å². The van der Waals surface area contributed by atoms with Gasteiger partial charge < -0.3 is 28.3 Å². The topological polar surface area (TPSA) is 64.0 Å². The normalized spacial score (nSPS) is 22.1. The van der Waals surface area contributed by atoms with Crippen LogP contribution in [0.1, 0.15) is 13.0 Å². The predicted molar refractivity (Wildman–Crippen MR) is 85.6 cm³/mol. The Kier molecular flexibility index (Phi) is 4.03. The minimum atomic E-state index is 0.0166. The second kappa shape index (κ2) is 6.33. The van der Waals surface area contributed by atoms with Crippen molar-refractivity contribution in [3.63, 3.8) is 0 Å². The molecule has 4 rings (SSSR count). The van der Waals surface area contributed by atoms with Gasteiger partial charge in [-0.3, -0.25) is 0 Å². The van der Waals surface area contributed by atoms with Gasteiger partial charge in [0.15, 0.2) is 11.5 Å².